The van der Waals surface area contributed by atoms with E-state index < -0.39 is 0 Å². The summed E-state index contributed by atoms with van der Waals surface area (Å²) in [6.07, 6.45) is 0.877. The molecule has 136 valence electrons. The van der Waals surface area contributed by atoms with E-state index >= 15 is 0 Å². The van der Waals surface area contributed by atoms with Gasteiger partial charge in [0, 0.05) is 25.2 Å². The molecule has 3 rings (SSSR count). The molecule has 0 aliphatic carbocycles. The first-order chi connectivity index (χ1) is 12.0. The molecule has 1 aliphatic heterocycles. The molecular weight excluding hydrogens is 338 g/mol. The number of hydrogen-bond donors (Lipinski definition) is 1. The zero-order valence-electron chi connectivity index (χ0n) is 15.1. The van der Waals surface area contributed by atoms with Gasteiger partial charge in [0.15, 0.2) is 11.5 Å². The Balaban J connectivity index is 1.54. The Morgan fingerprint density at radius 3 is 2.80 bits per heavy atom. The maximum Gasteiger partial charge on any atom is 0.179 e. The van der Waals surface area contributed by atoms with Gasteiger partial charge in [-0.25, -0.2) is 0 Å². The Labute approximate surface area is 154 Å². The lowest BCUT2D eigenvalue weighted by Gasteiger charge is -2.15. The highest BCUT2D eigenvalue weighted by Gasteiger charge is 2.15. The second-order valence-electron chi connectivity index (χ2n) is 6.80. The Hall–Kier alpha value is -1.72. The Kier molecular flexibility index (Phi) is 5.86. The first kappa shape index (κ1) is 18.1. The van der Waals surface area contributed by atoms with Gasteiger partial charge < -0.3 is 14.8 Å². The summed E-state index contributed by atoms with van der Waals surface area (Å²) in [6.45, 7) is 10.2. The summed E-state index contributed by atoms with van der Waals surface area (Å²) in [4.78, 5) is 0. The molecule has 2 heterocycles. The minimum absolute atomic E-state index is 0.480. The van der Waals surface area contributed by atoms with Gasteiger partial charge >= 0.3 is 0 Å². The van der Waals surface area contributed by atoms with E-state index in [0.717, 1.165) is 43.1 Å². The third kappa shape index (κ3) is 4.67. The summed E-state index contributed by atoms with van der Waals surface area (Å²) in [6, 6.07) is 6.08. The first-order valence-electron chi connectivity index (χ1n) is 8.82. The lowest BCUT2D eigenvalue weighted by atomic mass is 10.1. The fraction of sp³-hybridized carbons (Fsp3) is 0.526. The van der Waals surface area contributed by atoms with E-state index in [2.05, 4.69) is 35.0 Å². The monoisotopic (exact) mass is 363 g/mol. The van der Waals surface area contributed by atoms with Crippen LogP contribution in [0.3, 0.4) is 0 Å². The predicted octanol–water partition coefficient (Wildman–Crippen LogP) is 3.74. The van der Waals surface area contributed by atoms with E-state index in [1.54, 1.807) is 0 Å². The molecule has 0 saturated carbocycles. The van der Waals surface area contributed by atoms with E-state index in [1.807, 2.05) is 19.1 Å². The van der Waals surface area contributed by atoms with Gasteiger partial charge in [-0.05, 0) is 50.1 Å². The molecule has 1 aliphatic rings. The zero-order valence-corrected chi connectivity index (χ0v) is 15.9. The number of hydrogen-bond acceptors (Lipinski definition) is 4. The molecule has 0 fully saturated rings. The van der Waals surface area contributed by atoms with Crippen molar-refractivity contribution >= 4 is 11.6 Å². The largest absolute Gasteiger partial charge is 0.489 e. The van der Waals surface area contributed by atoms with Crippen LogP contribution in [0.2, 0.25) is 5.02 Å². The lowest BCUT2D eigenvalue weighted by molar-refractivity contribution is 0.297. The zero-order chi connectivity index (χ0) is 17.8. The van der Waals surface area contributed by atoms with Crippen LogP contribution in [0.4, 0.5) is 0 Å². The molecule has 0 saturated heterocycles. The van der Waals surface area contributed by atoms with Gasteiger partial charge in [0.05, 0.1) is 23.9 Å². The predicted molar refractivity (Wildman–Crippen MR) is 99.6 cm³/mol. The molecule has 2 aromatic rings. The van der Waals surface area contributed by atoms with E-state index in [1.165, 1.54) is 5.69 Å². The highest BCUT2D eigenvalue weighted by atomic mass is 35.5. The van der Waals surface area contributed by atoms with Gasteiger partial charge in [0.2, 0.25) is 0 Å². The molecule has 0 amide bonds. The summed E-state index contributed by atoms with van der Waals surface area (Å²) >= 11 is 6.34. The van der Waals surface area contributed by atoms with Gasteiger partial charge in [0.1, 0.15) is 0 Å². The van der Waals surface area contributed by atoms with Gasteiger partial charge in [-0.3, -0.25) is 4.68 Å². The summed E-state index contributed by atoms with van der Waals surface area (Å²) in [5.41, 5.74) is 3.38. The fourth-order valence-electron chi connectivity index (χ4n) is 3.07. The van der Waals surface area contributed by atoms with Crippen molar-refractivity contribution in [3.8, 4) is 11.5 Å². The number of nitrogens with one attached hydrogen (secondary N) is 1. The number of fused-ring (bicyclic) bond motifs is 1. The number of benzene rings is 1. The van der Waals surface area contributed by atoms with Crippen LogP contribution in [0.5, 0.6) is 11.5 Å². The molecule has 0 unspecified atom stereocenters. The van der Waals surface area contributed by atoms with E-state index in [-0.39, 0.29) is 0 Å². The summed E-state index contributed by atoms with van der Waals surface area (Å²) in [5, 5.41) is 8.65. The number of aryl methyl sites for hydroxylation is 2. The van der Waals surface area contributed by atoms with Crippen LogP contribution in [0, 0.1) is 19.8 Å². The number of nitrogens with zero attached hydrogens (tertiary/aromatic N) is 2. The van der Waals surface area contributed by atoms with E-state index in [4.69, 9.17) is 21.1 Å². The van der Waals surface area contributed by atoms with Crippen molar-refractivity contribution in [3.63, 3.8) is 0 Å². The Morgan fingerprint density at radius 1 is 1.24 bits per heavy atom. The van der Waals surface area contributed by atoms with Crippen LogP contribution in [-0.2, 0) is 13.1 Å². The van der Waals surface area contributed by atoms with Crippen molar-refractivity contribution in [2.45, 2.75) is 40.3 Å². The first-order valence-corrected chi connectivity index (χ1v) is 9.20. The second-order valence-corrected chi connectivity index (χ2v) is 7.21. The average Bonchev–Trinajstić information content (AvgIpc) is 2.75. The molecule has 0 radical (unpaired) electrons. The molecule has 1 aromatic carbocycles. The quantitative estimate of drug-likeness (QED) is 0.849. The number of ether oxygens (including phenoxy) is 2. The van der Waals surface area contributed by atoms with Crippen molar-refractivity contribution in [2.24, 2.45) is 5.92 Å². The topological polar surface area (TPSA) is 48.3 Å². The summed E-state index contributed by atoms with van der Waals surface area (Å²) < 4.78 is 13.5. The third-order valence-corrected chi connectivity index (χ3v) is 4.55. The van der Waals surface area contributed by atoms with Crippen molar-refractivity contribution in [1.29, 1.82) is 0 Å². The fourth-order valence-corrected chi connectivity index (χ4v) is 3.36. The smallest absolute Gasteiger partial charge is 0.179 e. The van der Waals surface area contributed by atoms with Crippen LogP contribution in [-0.4, -0.2) is 29.5 Å². The molecule has 1 aromatic heterocycles. The summed E-state index contributed by atoms with van der Waals surface area (Å²) in [5.74, 6) is 1.90. The minimum atomic E-state index is 0.480. The van der Waals surface area contributed by atoms with Crippen molar-refractivity contribution in [1.82, 2.24) is 15.1 Å². The van der Waals surface area contributed by atoms with Crippen LogP contribution in [0.25, 0.3) is 0 Å². The van der Waals surface area contributed by atoms with Crippen molar-refractivity contribution < 1.29 is 9.47 Å². The molecule has 0 spiro atoms. The SMILES string of the molecule is Cc1cc(C)n(C[C@@H](C)CNCc2cc(Cl)c3c(c2)OCCCO3)n1. The normalized spacial score (nSPS) is 15.0. The van der Waals surface area contributed by atoms with Crippen LogP contribution >= 0.6 is 11.6 Å². The van der Waals surface area contributed by atoms with Gasteiger partial charge in [-0.15, -0.1) is 0 Å². The molecule has 5 nitrogen and oxygen atoms in total. The highest BCUT2D eigenvalue weighted by Crippen LogP contribution is 2.37. The number of aromatic nitrogens is 2. The maximum atomic E-state index is 6.34. The molecule has 1 N–H and O–H groups in total. The van der Waals surface area contributed by atoms with E-state index in [0.29, 0.717) is 29.9 Å². The van der Waals surface area contributed by atoms with Gasteiger partial charge in [-0.2, -0.15) is 5.10 Å². The van der Waals surface area contributed by atoms with Crippen LogP contribution in [0.15, 0.2) is 18.2 Å². The van der Waals surface area contributed by atoms with Crippen LogP contribution in [0.1, 0.15) is 30.3 Å². The van der Waals surface area contributed by atoms with Gasteiger partial charge in [-0.1, -0.05) is 18.5 Å². The minimum Gasteiger partial charge on any atom is -0.489 e. The van der Waals surface area contributed by atoms with Crippen LogP contribution < -0.4 is 14.8 Å². The Morgan fingerprint density at radius 2 is 2.04 bits per heavy atom. The molecule has 0 bridgehead atoms. The average molecular weight is 364 g/mol. The summed E-state index contributed by atoms with van der Waals surface area (Å²) in [7, 11) is 0. The third-order valence-electron chi connectivity index (χ3n) is 4.27. The molecule has 25 heavy (non-hydrogen) atoms. The molecule has 1 atom stereocenters. The molecular formula is C19H26ClN3O2. The van der Waals surface area contributed by atoms with Gasteiger partial charge in [0.25, 0.3) is 0 Å². The van der Waals surface area contributed by atoms with Crippen molar-refractivity contribution in [2.75, 3.05) is 19.8 Å². The lowest BCUT2D eigenvalue weighted by Crippen LogP contribution is -2.24. The Bertz CT molecular complexity index is 730. The number of rotatable bonds is 6. The maximum absolute atomic E-state index is 6.34. The standard InChI is InChI=1S/C19H26ClN3O2/c1-13(12-23-15(3)7-14(2)22-23)10-21-11-16-8-17(20)19-18(9-16)24-5-4-6-25-19/h7-9,13,21H,4-6,10-12H2,1-3H3/t13-/m0/s1. The second kappa shape index (κ2) is 8.11. The number of halogens is 1. The molecule has 6 heteroatoms. The highest BCUT2D eigenvalue weighted by molar-refractivity contribution is 6.32. The van der Waals surface area contributed by atoms with E-state index in [9.17, 15) is 0 Å². The van der Waals surface area contributed by atoms with Crippen molar-refractivity contribution in [3.05, 3.63) is 40.2 Å².